The van der Waals surface area contributed by atoms with Gasteiger partial charge in [0.05, 0.1) is 0 Å². The molecule has 1 fully saturated rings. The van der Waals surface area contributed by atoms with Crippen LogP contribution in [0.2, 0.25) is 5.02 Å². The number of fused-ring (bicyclic) bond motifs is 1. The highest BCUT2D eigenvalue weighted by atomic mass is 35.5. The van der Waals surface area contributed by atoms with E-state index in [0.717, 1.165) is 50.2 Å². The lowest BCUT2D eigenvalue weighted by Gasteiger charge is -2.32. The monoisotopic (exact) mass is 360 g/mol. The first-order valence-corrected chi connectivity index (χ1v) is 9.22. The summed E-state index contributed by atoms with van der Waals surface area (Å²) < 4.78 is 7.98. The Kier molecular flexibility index (Phi) is 4.61. The third kappa shape index (κ3) is 3.49. The SMILES string of the molecule is O=C(c1nnc2n1CCCC2)N1CCC(Oc2ccc(Cl)cc2)CC1. The normalized spacial score (nSPS) is 18.0. The lowest BCUT2D eigenvalue weighted by atomic mass is 10.1. The molecule has 0 bridgehead atoms. The highest BCUT2D eigenvalue weighted by molar-refractivity contribution is 6.30. The molecule has 1 saturated heterocycles. The van der Waals surface area contributed by atoms with Crippen LogP contribution >= 0.6 is 11.6 Å². The van der Waals surface area contributed by atoms with Crippen molar-refractivity contribution in [2.24, 2.45) is 0 Å². The van der Waals surface area contributed by atoms with Gasteiger partial charge in [0.25, 0.3) is 5.91 Å². The topological polar surface area (TPSA) is 60.2 Å². The van der Waals surface area contributed by atoms with Gasteiger partial charge in [0.15, 0.2) is 0 Å². The van der Waals surface area contributed by atoms with Crippen LogP contribution in [-0.4, -0.2) is 44.8 Å². The molecule has 132 valence electrons. The van der Waals surface area contributed by atoms with E-state index < -0.39 is 0 Å². The zero-order valence-electron chi connectivity index (χ0n) is 14.0. The molecule has 1 aromatic carbocycles. The number of likely N-dealkylation sites (tertiary alicyclic amines) is 1. The zero-order chi connectivity index (χ0) is 17.2. The number of carbonyl (C=O) groups is 1. The summed E-state index contributed by atoms with van der Waals surface area (Å²) in [6, 6.07) is 7.40. The minimum Gasteiger partial charge on any atom is -0.490 e. The third-order valence-electron chi connectivity index (χ3n) is 4.90. The number of halogens is 1. The number of aryl methyl sites for hydroxylation is 1. The van der Waals surface area contributed by atoms with Gasteiger partial charge < -0.3 is 14.2 Å². The minimum atomic E-state index is -0.00871. The van der Waals surface area contributed by atoms with Crippen molar-refractivity contribution in [3.8, 4) is 5.75 Å². The Morgan fingerprint density at radius 1 is 1.08 bits per heavy atom. The predicted octanol–water partition coefficient (Wildman–Crippen LogP) is 2.95. The van der Waals surface area contributed by atoms with Crippen LogP contribution in [0.5, 0.6) is 5.75 Å². The van der Waals surface area contributed by atoms with Crippen LogP contribution in [0.15, 0.2) is 24.3 Å². The van der Waals surface area contributed by atoms with Crippen molar-refractivity contribution in [1.29, 1.82) is 0 Å². The molecular formula is C18H21ClN4O2. The molecule has 0 aliphatic carbocycles. The first-order chi connectivity index (χ1) is 12.2. The summed E-state index contributed by atoms with van der Waals surface area (Å²) in [7, 11) is 0. The van der Waals surface area contributed by atoms with E-state index in [1.807, 2.05) is 33.7 Å². The fourth-order valence-corrected chi connectivity index (χ4v) is 3.62. The molecule has 2 aliphatic rings. The molecule has 0 unspecified atom stereocenters. The van der Waals surface area contributed by atoms with Crippen LogP contribution in [0.3, 0.4) is 0 Å². The number of benzene rings is 1. The number of aromatic nitrogens is 3. The highest BCUT2D eigenvalue weighted by Crippen LogP contribution is 2.22. The third-order valence-corrected chi connectivity index (χ3v) is 5.15. The van der Waals surface area contributed by atoms with E-state index in [1.54, 1.807) is 0 Å². The maximum absolute atomic E-state index is 12.8. The van der Waals surface area contributed by atoms with E-state index in [9.17, 15) is 4.79 Å². The predicted molar refractivity (Wildman–Crippen MR) is 94.0 cm³/mol. The van der Waals surface area contributed by atoms with E-state index in [0.29, 0.717) is 23.9 Å². The van der Waals surface area contributed by atoms with Crippen molar-refractivity contribution in [1.82, 2.24) is 19.7 Å². The maximum Gasteiger partial charge on any atom is 0.291 e. The number of hydrogen-bond donors (Lipinski definition) is 0. The second-order valence-corrected chi connectivity index (χ2v) is 7.05. The van der Waals surface area contributed by atoms with Crippen LogP contribution in [0.25, 0.3) is 0 Å². The molecule has 0 radical (unpaired) electrons. The van der Waals surface area contributed by atoms with Gasteiger partial charge in [0, 0.05) is 43.9 Å². The number of amides is 1. The van der Waals surface area contributed by atoms with Gasteiger partial charge in [-0.15, -0.1) is 10.2 Å². The maximum atomic E-state index is 12.8. The molecule has 7 heteroatoms. The molecule has 2 aliphatic heterocycles. The fourth-order valence-electron chi connectivity index (χ4n) is 3.49. The number of nitrogens with zero attached hydrogens (tertiary/aromatic N) is 4. The second-order valence-electron chi connectivity index (χ2n) is 6.61. The van der Waals surface area contributed by atoms with Crippen LogP contribution in [0, 0.1) is 0 Å². The lowest BCUT2D eigenvalue weighted by molar-refractivity contribution is 0.0578. The first kappa shape index (κ1) is 16.4. The van der Waals surface area contributed by atoms with E-state index in [2.05, 4.69) is 10.2 Å². The Labute approximate surface area is 151 Å². The number of rotatable bonds is 3. The summed E-state index contributed by atoms with van der Waals surface area (Å²) in [4.78, 5) is 14.7. The number of carbonyl (C=O) groups excluding carboxylic acids is 1. The van der Waals surface area contributed by atoms with Crippen molar-refractivity contribution < 1.29 is 9.53 Å². The van der Waals surface area contributed by atoms with Gasteiger partial charge in [0.2, 0.25) is 5.82 Å². The van der Waals surface area contributed by atoms with Crippen molar-refractivity contribution in [3.63, 3.8) is 0 Å². The average Bonchev–Trinajstić information content (AvgIpc) is 3.08. The van der Waals surface area contributed by atoms with Crippen molar-refractivity contribution in [3.05, 3.63) is 40.9 Å². The summed E-state index contributed by atoms with van der Waals surface area (Å²) >= 11 is 5.89. The molecule has 1 aromatic heterocycles. The Morgan fingerprint density at radius 3 is 2.60 bits per heavy atom. The Bertz CT molecular complexity index is 751. The van der Waals surface area contributed by atoms with E-state index >= 15 is 0 Å². The van der Waals surface area contributed by atoms with Gasteiger partial charge in [-0.2, -0.15) is 0 Å². The van der Waals surface area contributed by atoms with E-state index in [-0.39, 0.29) is 12.0 Å². The van der Waals surface area contributed by atoms with Gasteiger partial charge in [-0.25, -0.2) is 0 Å². The number of hydrogen-bond acceptors (Lipinski definition) is 4. The summed E-state index contributed by atoms with van der Waals surface area (Å²) in [5.41, 5.74) is 0. The first-order valence-electron chi connectivity index (χ1n) is 8.84. The molecule has 0 spiro atoms. The minimum absolute atomic E-state index is 0.00871. The Morgan fingerprint density at radius 2 is 1.84 bits per heavy atom. The van der Waals surface area contributed by atoms with Crippen molar-refractivity contribution in [2.75, 3.05) is 13.1 Å². The van der Waals surface area contributed by atoms with Gasteiger partial charge in [-0.3, -0.25) is 4.79 Å². The zero-order valence-corrected chi connectivity index (χ0v) is 14.8. The summed E-state index contributed by atoms with van der Waals surface area (Å²) in [5, 5.41) is 9.02. The van der Waals surface area contributed by atoms with Crippen LogP contribution in [0.4, 0.5) is 0 Å². The molecule has 25 heavy (non-hydrogen) atoms. The smallest absolute Gasteiger partial charge is 0.291 e. The number of piperidine rings is 1. The molecule has 0 atom stereocenters. The van der Waals surface area contributed by atoms with Crippen LogP contribution in [-0.2, 0) is 13.0 Å². The number of ether oxygens (including phenoxy) is 1. The average molecular weight is 361 g/mol. The van der Waals surface area contributed by atoms with Crippen molar-refractivity contribution >= 4 is 17.5 Å². The van der Waals surface area contributed by atoms with Crippen LogP contribution in [0.1, 0.15) is 42.1 Å². The highest BCUT2D eigenvalue weighted by Gasteiger charge is 2.29. The quantitative estimate of drug-likeness (QED) is 0.844. The standard InChI is InChI=1S/C18H21ClN4O2/c19-13-4-6-14(7-5-13)25-15-8-11-22(12-9-15)18(24)17-21-20-16-3-1-2-10-23(16)17/h4-7,15H,1-3,8-12H2. The largest absolute Gasteiger partial charge is 0.490 e. The second kappa shape index (κ2) is 7.04. The molecule has 0 N–H and O–H groups in total. The summed E-state index contributed by atoms with van der Waals surface area (Å²) in [5.74, 6) is 2.24. The molecular weight excluding hydrogens is 340 g/mol. The molecule has 2 aromatic rings. The molecule has 1 amide bonds. The fraction of sp³-hybridized carbons (Fsp3) is 0.500. The van der Waals surface area contributed by atoms with Crippen molar-refractivity contribution in [2.45, 2.75) is 44.8 Å². The lowest BCUT2D eigenvalue weighted by Crippen LogP contribution is -2.42. The van der Waals surface area contributed by atoms with Crippen LogP contribution < -0.4 is 4.74 Å². The van der Waals surface area contributed by atoms with Gasteiger partial charge in [-0.05, 0) is 37.1 Å². The Hall–Kier alpha value is -2.08. The van der Waals surface area contributed by atoms with E-state index in [4.69, 9.17) is 16.3 Å². The van der Waals surface area contributed by atoms with Gasteiger partial charge in [0.1, 0.15) is 17.7 Å². The van der Waals surface area contributed by atoms with E-state index in [1.165, 1.54) is 0 Å². The van der Waals surface area contributed by atoms with Gasteiger partial charge in [-0.1, -0.05) is 11.6 Å². The molecule has 6 nitrogen and oxygen atoms in total. The summed E-state index contributed by atoms with van der Waals surface area (Å²) in [6.07, 6.45) is 4.88. The summed E-state index contributed by atoms with van der Waals surface area (Å²) in [6.45, 7) is 2.21. The Balaban J connectivity index is 1.36. The molecule has 3 heterocycles. The molecule has 4 rings (SSSR count). The van der Waals surface area contributed by atoms with Gasteiger partial charge >= 0.3 is 0 Å². The molecule has 0 saturated carbocycles.